The number of nitriles is 1. The van der Waals surface area contributed by atoms with Gasteiger partial charge in [0.1, 0.15) is 0 Å². The molecule has 2 bridgehead atoms. The molecule has 5 heteroatoms. The molecule has 0 saturated carbocycles. The van der Waals surface area contributed by atoms with Gasteiger partial charge in [0.15, 0.2) is 0 Å². The molecule has 3 aliphatic heterocycles. The van der Waals surface area contributed by atoms with Gasteiger partial charge in [-0.2, -0.15) is 5.26 Å². The first-order valence-electron chi connectivity index (χ1n) is 10.8. The topological polar surface area (TPSA) is 52.3 Å². The van der Waals surface area contributed by atoms with Gasteiger partial charge < -0.3 is 9.47 Å². The number of benzene rings is 1. The summed E-state index contributed by atoms with van der Waals surface area (Å²) in [5, 5.41) is 9.19. The van der Waals surface area contributed by atoms with E-state index in [4.69, 9.17) is 0 Å². The molecule has 0 aliphatic carbocycles. The first-order valence-corrected chi connectivity index (χ1v) is 10.8. The molecule has 2 fully saturated rings. The molecule has 0 radical (unpaired) electrons. The highest BCUT2D eigenvalue weighted by Crippen LogP contribution is 2.37. The van der Waals surface area contributed by atoms with Gasteiger partial charge >= 0.3 is 0 Å². The second-order valence-electron chi connectivity index (χ2n) is 9.07. The van der Waals surface area contributed by atoms with E-state index in [0.29, 0.717) is 29.0 Å². The van der Waals surface area contributed by atoms with Crippen LogP contribution in [0.1, 0.15) is 36.4 Å². The Hall–Kier alpha value is -2.42. The zero-order valence-electron chi connectivity index (χ0n) is 17.1. The maximum atomic E-state index is 13.3. The number of hydrogen-bond acceptors (Lipinski definition) is 4. The smallest absolute Gasteiger partial charge is 0.258 e. The number of rotatable bonds is 2. The van der Waals surface area contributed by atoms with Crippen molar-refractivity contribution < 1.29 is 0 Å². The van der Waals surface area contributed by atoms with Crippen molar-refractivity contribution in [3.8, 4) is 17.2 Å². The lowest BCUT2D eigenvalue weighted by Gasteiger charge is -2.47. The summed E-state index contributed by atoms with van der Waals surface area (Å²) in [6.07, 6.45) is 3.72. The summed E-state index contributed by atoms with van der Waals surface area (Å²) >= 11 is 0. The first kappa shape index (κ1) is 18.6. The summed E-state index contributed by atoms with van der Waals surface area (Å²) in [6.45, 7) is 5.40. The summed E-state index contributed by atoms with van der Waals surface area (Å²) in [5.74, 6) is 1.01. The molecule has 5 rings (SSSR count). The van der Waals surface area contributed by atoms with Gasteiger partial charge in [-0.05, 0) is 75.1 Å². The van der Waals surface area contributed by atoms with Gasteiger partial charge in [-0.1, -0.05) is 12.1 Å². The van der Waals surface area contributed by atoms with Crippen molar-refractivity contribution in [2.24, 2.45) is 5.92 Å². The predicted molar refractivity (Wildman–Crippen MR) is 114 cm³/mol. The molecule has 0 N–H and O–H groups in total. The van der Waals surface area contributed by atoms with Crippen LogP contribution in [0.4, 0.5) is 0 Å². The molecule has 1 aromatic heterocycles. The lowest BCUT2D eigenvalue weighted by Crippen LogP contribution is -2.53. The Morgan fingerprint density at radius 1 is 1.07 bits per heavy atom. The molecule has 2 aromatic rings. The average Bonchev–Trinajstić information content (AvgIpc) is 2.75. The SMILES string of the molecule is CN1CCC(N2C[C@@H]3C[C@H](C2)c2ccc(-c4cccc(C#N)c4)c(=O)n2C3)CC1. The molecule has 1 aromatic carbocycles. The molecule has 2 saturated heterocycles. The van der Waals surface area contributed by atoms with E-state index in [-0.39, 0.29) is 5.56 Å². The molecular weight excluding hydrogens is 360 g/mol. The molecule has 5 nitrogen and oxygen atoms in total. The van der Waals surface area contributed by atoms with Crippen molar-refractivity contribution in [2.75, 3.05) is 33.2 Å². The van der Waals surface area contributed by atoms with E-state index in [1.54, 1.807) is 6.07 Å². The summed E-state index contributed by atoms with van der Waals surface area (Å²) in [4.78, 5) is 18.5. The van der Waals surface area contributed by atoms with Gasteiger partial charge in [0.2, 0.25) is 0 Å². The maximum Gasteiger partial charge on any atom is 0.258 e. The summed E-state index contributed by atoms with van der Waals surface area (Å²) in [7, 11) is 2.22. The van der Waals surface area contributed by atoms with Gasteiger partial charge in [-0.25, -0.2) is 0 Å². The van der Waals surface area contributed by atoms with Crippen molar-refractivity contribution >= 4 is 0 Å². The number of hydrogen-bond donors (Lipinski definition) is 0. The van der Waals surface area contributed by atoms with Crippen LogP contribution in [-0.2, 0) is 6.54 Å². The Balaban J connectivity index is 1.44. The number of fused-ring (bicyclic) bond motifs is 4. The van der Waals surface area contributed by atoms with Crippen LogP contribution in [-0.4, -0.2) is 53.6 Å². The minimum Gasteiger partial charge on any atom is -0.311 e. The molecule has 0 unspecified atom stereocenters. The molecule has 2 atom stereocenters. The van der Waals surface area contributed by atoms with Crippen LogP contribution in [0, 0.1) is 17.2 Å². The van der Waals surface area contributed by atoms with E-state index in [2.05, 4.69) is 29.0 Å². The van der Waals surface area contributed by atoms with Crippen LogP contribution >= 0.6 is 0 Å². The number of piperidine rings is 2. The molecular formula is C24H28N4O. The van der Waals surface area contributed by atoms with Crippen LogP contribution in [0.15, 0.2) is 41.2 Å². The molecule has 0 spiro atoms. The maximum absolute atomic E-state index is 13.3. The molecule has 29 heavy (non-hydrogen) atoms. The Labute approximate surface area is 172 Å². The highest BCUT2D eigenvalue weighted by atomic mass is 16.1. The number of aromatic nitrogens is 1. The van der Waals surface area contributed by atoms with E-state index >= 15 is 0 Å². The number of likely N-dealkylation sites (tertiary alicyclic amines) is 2. The Morgan fingerprint density at radius 3 is 2.69 bits per heavy atom. The largest absolute Gasteiger partial charge is 0.311 e. The molecule has 4 heterocycles. The van der Waals surface area contributed by atoms with Crippen molar-refractivity contribution in [3.63, 3.8) is 0 Å². The van der Waals surface area contributed by atoms with Crippen molar-refractivity contribution in [2.45, 2.75) is 37.8 Å². The third kappa shape index (κ3) is 3.41. The summed E-state index contributed by atoms with van der Waals surface area (Å²) in [6, 6.07) is 14.4. The van der Waals surface area contributed by atoms with Crippen LogP contribution in [0.25, 0.3) is 11.1 Å². The third-order valence-electron chi connectivity index (χ3n) is 7.14. The van der Waals surface area contributed by atoms with E-state index < -0.39 is 0 Å². The van der Waals surface area contributed by atoms with Gasteiger partial charge in [0.25, 0.3) is 5.56 Å². The van der Waals surface area contributed by atoms with Gasteiger partial charge in [-0.15, -0.1) is 0 Å². The Kier molecular flexibility index (Phi) is 4.77. The van der Waals surface area contributed by atoms with Crippen LogP contribution < -0.4 is 5.56 Å². The fourth-order valence-corrected chi connectivity index (χ4v) is 5.62. The highest BCUT2D eigenvalue weighted by molar-refractivity contribution is 5.64. The van der Waals surface area contributed by atoms with E-state index in [0.717, 1.165) is 25.2 Å². The highest BCUT2D eigenvalue weighted by Gasteiger charge is 2.37. The van der Waals surface area contributed by atoms with Crippen molar-refractivity contribution in [3.05, 3.63) is 58.0 Å². The predicted octanol–water partition coefficient (Wildman–Crippen LogP) is 2.90. The zero-order valence-corrected chi connectivity index (χ0v) is 17.1. The molecule has 3 aliphatic rings. The van der Waals surface area contributed by atoms with Crippen LogP contribution in [0.5, 0.6) is 0 Å². The molecule has 150 valence electrons. The summed E-state index contributed by atoms with van der Waals surface area (Å²) < 4.78 is 2.03. The van der Waals surface area contributed by atoms with E-state index in [9.17, 15) is 10.1 Å². The monoisotopic (exact) mass is 388 g/mol. The quantitative estimate of drug-likeness (QED) is 0.794. The fraction of sp³-hybridized carbons (Fsp3) is 0.500. The molecule has 0 amide bonds. The minimum atomic E-state index is 0.0973. The standard InChI is InChI=1S/C24H28N4O/c1-26-9-7-21(8-10-26)27-14-18-12-20(16-27)23-6-5-22(24(29)28(23)15-18)19-4-2-3-17(11-19)13-25/h2-6,11,18,20-21H,7-10,12,14-16H2,1H3/t18-,20+/m0/s1. The fourth-order valence-electron chi connectivity index (χ4n) is 5.62. The van der Waals surface area contributed by atoms with Crippen LogP contribution in [0.2, 0.25) is 0 Å². The van der Waals surface area contributed by atoms with Crippen molar-refractivity contribution in [1.82, 2.24) is 14.4 Å². The second-order valence-corrected chi connectivity index (χ2v) is 9.07. The first-order chi connectivity index (χ1) is 14.1. The number of nitrogens with zero attached hydrogens (tertiary/aromatic N) is 4. The lowest BCUT2D eigenvalue weighted by molar-refractivity contribution is 0.0517. The number of pyridine rings is 1. The second kappa shape index (κ2) is 7.44. The summed E-state index contributed by atoms with van der Waals surface area (Å²) in [5.41, 5.74) is 3.44. The normalized spacial score (nSPS) is 25.4. The van der Waals surface area contributed by atoms with Gasteiger partial charge in [-0.3, -0.25) is 9.69 Å². The Morgan fingerprint density at radius 2 is 1.90 bits per heavy atom. The third-order valence-corrected chi connectivity index (χ3v) is 7.14. The minimum absolute atomic E-state index is 0.0973. The van der Waals surface area contributed by atoms with Crippen molar-refractivity contribution in [1.29, 1.82) is 5.26 Å². The van der Waals surface area contributed by atoms with E-state index in [1.807, 2.05) is 28.8 Å². The zero-order chi connectivity index (χ0) is 20.0. The Bertz CT molecular complexity index is 1010. The lowest BCUT2D eigenvalue weighted by atomic mass is 9.81. The van der Waals surface area contributed by atoms with E-state index in [1.165, 1.54) is 38.0 Å². The van der Waals surface area contributed by atoms with Crippen LogP contribution in [0.3, 0.4) is 0 Å². The van der Waals surface area contributed by atoms with Gasteiger partial charge in [0.05, 0.1) is 11.6 Å². The van der Waals surface area contributed by atoms with Gasteiger partial charge in [0, 0.05) is 42.9 Å². The average molecular weight is 389 g/mol.